The number of aromatic nitrogens is 1. The van der Waals surface area contributed by atoms with Gasteiger partial charge in [0.05, 0.1) is 21.8 Å². The van der Waals surface area contributed by atoms with Crippen molar-refractivity contribution in [1.29, 1.82) is 0 Å². The largest absolute Gasteiger partial charge is 0.447 e. The van der Waals surface area contributed by atoms with Crippen LogP contribution in [-0.2, 0) is 4.74 Å². The van der Waals surface area contributed by atoms with Crippen molar-refractivity contribution in [1.82, 2.24) is 14.8 Å². The molecular formula is C20H25N3O3S. The molecule has 6 nitrogen and oxygen atoms in total. The van der Waals surface area contributed by atoms with Gasteiger partial charge in [-0.3, -0.25) is 9.69 Å². The van der Waals surface area contributed by atoms with E-state index in [2.05, 4.69) is 18.8 Å². The van der Waals surface area contributed by atoms with Crippen molar-refractivity contribution >= 4 is 33.6 Å². The summed E-state index contributed by atoms with van der Waals surface area (Å²) in [7, 11) is 0. The number of cyclic esters (lactones) is 1. The molecule has 0 spiro atoms. The summed E-state index contributed by atoms with van der Waals surface area (Å²) in [6.07, 6.45) is 2.43. The average molecular weight is 388 g/mol. The summed E-state index contributed by atoms with van der Waals surface area (Å²) in [5.74, 6) is 0.480. The Balaban J connectivity index is 1.42. The summed E-state index contributed by atoms with van der Waals surface area (Å²) in [5, 5.41) is 0. The molecule has 0 bridgehead atoms. The molecule has 3 heterocycles. The van der Waals surface area contributed by atoms with E-state index in [1.165, 1.54) is 0 Å². The Labute approximate surface area is 163 Å². The number of fused-ring (bicyclic) bond motifs is 1. The topological polar surface area (TPSA) is 62.7 Å². The summed E-state index contributed by atoms with van der Waals surface area (Å²) < 4.78 is 6.37. The Morgan fingerprint density at radius 2 is 2.15 bits per heavy atom. The van der Waals surface area contributed by atoms with E-state index in [1.807, 2.05) is 28.0 Å². The van der Waals surface area contributed by atoms with E-state index < -0.39 is 0 Å². The van der Waals surface area contributed by atoms with E-state index in [-0.39, 0.29) is 24.1 Å². The number of carbonyl (C=O) groups excluding carboxylic acids is 2. The van der Waals surface area contributed by atoms with Crippen molar-refractivity contribution in [2.45, 2.75) is 45.2 Å². The van der Waals surface area contributed by atoms with Gasteiger partial charge < -0.3 is 9.64 Å². The Morgan fingerprint density at radius 3 is 2.89 bits per heavy atom. The second-order valence-corrected chi connectivity index (χ2v) is 8.38. The molecule has 2 atom stereocenters. The van der Waals surface area contributed by atoms with E-state index in [9.17, 15) is 9.59 Å². The highest BCUT2D eigenvalue weighted by molar-refractivity contribution is 7.16. The Morgan fingerprint density at radius 1 is 1.37 bits per heavy atom. The van der Waals surface area contributed by atoms with Crippen molar-refractivity contribution in [3.8, 4) is 0 Å². The molecule has 2 aliphatic rings. The normalized spacial score (nSPS) is 22.3. The number of rotatable bonds is 4. The van der Waals surface area contributed by atoms with Gasteiger partial charge in [0.25, 0.3) is 5.91 Å². The molecule has 1 aromatic carbocycles. The summed E-state index contributed by atoms with van der Waals surface area (Å²) >= 11 is 1.55. The van der Waals surface area contributed by atoms with Crippen LogP contribution in [0.25, 0.3) is 10.2 Å². The van der Waals surface area contributed by atoms with Crippen LogP contribution in [0.5, 0.6) is 0 Å². The second-order valence-electron chi connectivity index (χ2n) is 7.50. The molecule has 2 fully saturated rings. The highest BCUT2D eigenvalue weighted by Gasteiger charge is 2.41. The third kappa shape index (κ3) is 3.40. The fourth-order valence-electron chi connectivity index (χ4n) is 4.10. The first kappa shape index (κ1) is 18.2. The first-order valence-corrected chi connectivity index (χ1v) is 10.5. The van der Waals surface area contributed by atoms with Gasteiger partial charge in [-0.25, -0.2) is 9.78 Å². The number of carbonyl (C=O) groups is 2. The quantitative estimate of drug-likeness (QED) is 0.801. The maximum atomic E-state index is 12.9. The molecular weight excluding hydrogens is 362 g/mol. The van der Waals surface area contributed by atoms with Gasteiger partial charge in [-0.1, -0.05) is 20.3 Å². The minimum absolute atomic E-state index is 0.0613. The molecule has 7 heteroatoms. The molecule has 27 heavy (non-hydrogen) atoms. The number of ether oxygens (including phenoxy) is 1. The predicted octanol–water partition coefficient (Wildman–Crippen LogP) is 3.77. The molecule has 2 saturated heterocycles. The number of piperidine rings is 1. The molecule has 2 aromatic rings. The number of likely N-dealkylation sites (tertiary alicyclic amines) is 1. The number of hydrogen-bond donors (Lipinski definition) is 0. The van der Waals surface area contributed by atoms with E-state index >= 15 is 0 Å². The van der Waals surface area contributed by atoms with Gasteiger partial charge in [0, 0.05) is 24.7 Å². The highest BCUT2D eigenvalue weighted by Crippen LogP contribution is 2.29. The lowest BCUT2D eigenvalue weighted by atomic mass is 9.95. The van der Waals surface area contributed by atoms with E-state index in [1.54, 1.807) is 16.8 Å². The highest BCUT2D eigenvalue weighted by atomic mass is 32.1. The fraction of sp³-hybridized carbons (Fsp3) is 0.550. The van der Waals surface area contributed by atoms with Gasteiger partial charge in [-0.2, -0.15) is 0 Å². The number of hydrogen-bond acceptors (Lipinski definition) is 5. The average Bonchev–Trinajstić information content (AvgIpc) is 3.32. The summed E-state index contributed by atoms with van der Waals surface area (Å²) in [4.78, 5) is 33.3. The summed E-state index contributed by atoms with van der Waals surface area (Å²) in [5.41, 5.74) is 3.44. The van der Waals surface area contributed by atoms with Crippen LogP contribution < -0.4 is 0 Å². The van der Waals surface area contributed by atoms with Crippen LogP contribution >= 0.6 is 11.3 Å². The summed E-state index contributed by atoms with van der Waals surface area (Å²) in [6, 6.07) is 6.00. The third-order valence-corrected chi connectivity index (χ3v) is 6.76. The fourth-order valence-corrected chi connectivity index (χ4v) is 4.81. The molecule has 0 N–H and O–H groups in total. The van der Waals surface area contributed by atoms with E-state index in [0.29, 0.717) is 31.2 Å². The van der Waals surface area contributed by atoms with Gasteiger partial charge in [0.15, 0.2) is 0 Å². The summed E-state index contributed by atoms with van der Waals surface area (Å²) in [6.45, 7) is 6.14. The van der Waals surface area contributed by atoms with Crippen molar-refractivity contribution in [3.63, 3.8) is 0 Å². The van der Waals surface area contributed by atoms with Crippen molar-refractivity contribution in [3.05, 3.63) is 29.3 Å². The lowest BCUT2D eigenvalue weighted by Gasteiger charge is -2.39. The van der Waals surface area contributed by atoms with E-state index in [4.69, 9.17) is 4.74 Å². The molecule has 0 saturated carbocycles. The second kappa shape index (κ2) is 7.46. The number of thiazole rings is 1. The molecule has 0 unspecified atom stereocenters. The molecule has 0 radical (unpaired) electrons. The number of nitrogens with zero attached hydrogens (tertiary/aromatic N) is 3. The SMILES string of the molecule is CC[C@H](C)[C@H]1COC(=O)N1C1CCN(C(=O)c2ccc3ncsc3c2)CC1. The van der Waals surface area contributed by atoms with Crippen molar-refractivity contribution in [2.24, 2.45) is 5.92 Å². The Bertz CT molecular complexity index is 844. The zero-order valence-corrected chi connectivity index (χ0v) is 16.6. The molecule has 1 aromatic heterocycles. The lowest BCUT2D eigenvalue weighted by Crippen LogP contribution is -2.51. The van der Waals surface area contributed by atoms with Crippen LogP contribution in [0.15, 0.2) is 23.7 Å². The Hall–Kier alpha value is -2.15. The minimum Gasteiger partial charge on any atom is -0.447 e. The predicted molar refractivity (Wildman–Crippen MR) is 105 cm³/mol. The smallest absolute Gasteiger partial charge is 0.410 e. The molecule has 0 aliphatic carbocycles. The molecule has 2 aliphatic heterocycles. The van der Waals surface area contributed by atoms with Crippen LogP contribution in [0, 0.1) is 5.92 Å². The van der Waals surface area contributed by atoms with Crippen LogP contribution in [0.3, 0.4) is 0 Å². The first-order valence-electron chi connectivity index (χ1n) is 9.66. The first-order chi connectivity index (χ1) is 13.1. The molecule has 2 amide bonds. The standard InChI is InChI=1S/C20H25N3O3S/c1-3-13(2)17-11-26-20(25)23(17)15-6-8-22(9-7-15)19(24)14-4-5-16-18(10-14)27-12-21-16/h4-5,10,12-13,15,17H,3,6-9,11H2,1-2H3/t13-,17+/m0/s1. The Kier molecular flexibility index (Phi) is 5.04. The third-order valence-electron chi connectivity index (χ3n) is 5.97. The molecule has 4 rings (SSSR count). The van der Waals surface area contributed by atoms with Crippen LogP contribution in [0.4, 0.5) is 4.79 Å². The zero-order chi connectivity index (χ0) is 19.0. The maximum absolute atomic E-state index is 12.9. The zero-order valence-electron chi connectivity index (χ0n) is 15.8. The number of benzene rings is 1. The monoisotopic (exact) mass is 387 g/mol. The minimum atomic E-state index is -0.194. The van der Waals surface area contributed by atoms with E-state index in [0.717, 1.165) is 29.5 Å². The van der Waals surface area contributed by atoms with Crippen LogP contribution in [0.2, 0.25) is 0 Å². The van der Waals surface area contributed by atoms with Crippen LogP contribution in [0.1, 0.15) is 43.5 Å². The van der Waals surface area contributed by atoms with Gasteiger partial charge in [0.2, 0.25) is 0 Å². The van der Waals surface area contributed by atoms with Gasteiger partial charge in [-0.05, 0) is 37.0 Å². The van der Waals surface area contributed by atoms with Gasteiger partial charge in [-0.15, -0.1) is 11.3 Å². The maximum Gasteiger partial charge on any atom is 0.410 e. The lowest BCUT2D eigenvalue weighted by molar-refractivity contribution is 0.0615. The molecule has 144 valence electrons. The van der Waals surface area contributed by atoms with Gasteiger partial charge in [0.1, 0.15) is 6.61 Å². The van der Waals surface area contributed by atoms with Crippen LogP contribution in [-0.4, -0.2) is 58.6 Å². The van der Waals surface area contributed by atoms with Crippen molar-refractivity contribution in [2.75, 3.05) is 19.7 Å². The van der Waals surface area contributed by atoms with Gasteiger partial charge >= 0.3 is 6.09 Å². The number of amides is 2. The van der Waals surface area contributed by atoms with Crippen molar-refractivity contribution < 1.29 is 14.3 Å².